The average Bonchev–Trinajstić information content (AvgIpc) is 3.22. The Morgan fingerprint density at radius 1 is 1.22 bits per heavy atom. The highest BCUT2D eigenvalue weighted by Crippen LogP contribution is 2.67. The van der Waals surface area contributed by atoms with Crippen molar-refractivity contribution in [1.82, 2.24) is 4.90 Å². The summed E-state index contributed by atoms with van der Waals surface area (Å²) in [5.41, 5.74) is -0.184. The van der Waals surface area contributed by atoms with Gasteiger partial charge in [0.25, 0.3) is 0 Å². The molecule has 36 heavy (non-hydrogen) atoms. The van der Waals surface area contributed by atoms with Gasteiger partial charge >= 0.3 is 5.97 Å². The number of ether oxygens (including phenoxy) is 1. The Labute approximate surface area is 217 Å². The van der Waals surface area contributed by atoms with Crippen LogP contribution >= 0.6 is 0 Å². The highest BCUT2D eigenvalue weighted by Gasteiger charge is 2.68. The summed E-state index contributed by atoms with van der Waals surface area (Å²) in [6.45, 7) is 16.3. The van der Waals surface area contributed by atoms with Crippen molar-refractivity contribution in [3.05, 3.63) is 48.6 Å². The van der Waals surface area contributed by atoms with Crippen LogP contribution in [-0.4, -0.2) is 47.1 Å². The van der Waals surface area contributed by atoms with E-state index in [-0.39, 0.29) is 41.5 Å². The van der Waals surface area contributed by atoms with E-state index in [0.717, 1.165) is 31.4 Å². The number of nitrogens with zero attached hydrogens (tertiary/aromatic N) is 1. The van der Waals surface area contributed by atoms with E-state index in [1.54, 1.807) is 0 Å². The number of hydrogen-bond donors (Lipinski definition) is 1. The molecule has 0 spiro atoms. The summed E-state index contributed by atoms with van der Waals surface area (Å²) in [5, 5.41) is 11.7. The molecule has 5 heteroatoms. The van der Waals surface area contributed by atoms with Gasteiger partial charge in [0.15, 0.2) is 0 Å². The maximum Gasteiger partial charge on any atom is 0.320 e. The maximum absolute atomic E-state index is 13.5. The van der Waals surface area contributed by atoms with E-state index in [2.05, 4.69) is 51.3 Å². The lowest BCUT2D eigenvalue weighted by Gasteiger charge is -2.61. The minimum atomic E-state index is -0.646. The molecule has 2 bridgehead atoms. The lowest BCUT2D eigenvalue weighted by Crippen LogP contribution is -2.63. The van der Waals surface area contributed by atoms with Gasteiger partial charge in [-0.1, -0.05) is 71.0 Å². The largest absolute Gasteiger partial charge is 0.461 e. The van der Waals surface area contributed by atoms with Crippen molar-refractivity contribution in [3.63, 3.8) is 0 Å². The van der Waals surface area contributed by atoms with E-state index in [9.17, 15) is 14.7 Å². The van der Waals surface area contributed by atoms with Gasteiger partial charge in [0.2, 0.25) is 0 Å². The van der Waals surface area contributed by atoms with Crippen molar-refractivity contribution < 1.29 is 19.4 Å². The molecule has 1 aromatic carbocycles. The summed E-state index contributed by atoms with van der Waals surface area (Å²) >= 11 is 0. The summed E-state index contributed by atoms with van der Waals surface area (Å²) in [5.74, 6) is 0.0330. The zero-order valence-corrected chi connectivity index (χ0v) is 22.8. The third kappa shape index (κ3) is 4.36. The molecule has 5 nitrogen and oxygen atoms in total. The van der Waals surface area contributed by atoms with Crippen LogP contribution in [0.25, 0.3) is 0 Å². The van der Waals surface area contributed by atoms with Crippen molar-refractivity contribution >= 4 is 11.8 Å². The zero-order valence-electron chi connectivity index (χ0n) is 22.8. The first kappa shape index (κ1) is 27.1. The lowest BCUT2D eigenvalue weighted by atomic mass is 9.44. The molecule has 4 rings (SSSR count). The molecule has 0 unspecified atom stereocenters. The number of ketones is 1. The first-order valence-corrected chi connectivity index (χ1v) is 13.8. The molecular formula is C31H45NO4. The molecule has 0 radical (unpaired) electrons. The van der Waals surface area contributed by atoms with Gasteiger partial charge in [0.05, 0.1) is 12.6 Å². The first-order chi connectivity index (χ1) is 17.0. The van der Waals surface area contributed by atoms with Gasteiger partial charge in [0.1, 0.15) is 11.9 Å². The molecule has 3 aliphatic carbocycles. The summed E-state index contributed by atoms with van der Waals surface area (Å²) < 4.78 is 6.40. The third-order valence-electron chi connectivity index (χ3n) is 10.6. The molecule has 0 aromatic heterocycles. The molecule has 0 aliphatic heterocycles. The number of likely N-dealkylation sites (N-methyl/N-ethyl adjacent to an activating group) is 1. The van der Waals surface area contributed by atoms with Gasteiger partial charge in [0, 0.05) is 29.7 Å². The second-order valence-corrected chi connectivity index (χ2v) is 12.4. The van der Waals surface area contributed by atoms with Gasteiger partial charge in [-0.25, -0.2) is 0 Å². The van der Waals surface area contributed by atoms with E-state index < -0.39 is 23.0 Å². The number of esters is 1. The lowest BCUT2D eigenvalue weighted by molar-refractivity contribution is -0.207. The van der Waals surface area contributed by atoms with E-state index in [1.807, 2.05) is 31.2 Å². The van der Waals surface area contributed by atoms with Crippen LogP contribution in [0.4, 0.5) is 0 Å². The summed E-state index contributed by atoms with van der Waals surface area (Å²) in [7, 11) is 0. The normalized spacial score (nSPS) is 40.3. The number of carbonyl (C=O) groups excluding carboxylic acids is 2. The second-order valence-electron chi connectivity index (χ2n) is 12.4. The molecule has 1 N–H and O–H groups in total. The van der Waals surface area contributed by atoms with Crippen LogP contribution in [0.3, 0.4) is 0 Å². The zero-order chi connectivity index (χ0) is 26.3. The van der Waals surface area contributed by atoms with Crippen LogP contribution in [-0.2, 0) is 20.9 Å². The van der Waals surface area contributed by atoms with Gasteiger partial charge in [-0.15, -0.1) is 6.58 Å². The topological polar surface area (TPSA) is 66.8 Å². The third-order valence-corrected chi connectivity index (χ3v) is 10.6. The fourth-order valence-corrected chi connectivity index (χ4v) is 8.00. The molecule has 1 aromatic rings. The van der Waals surface area contributed by atoms with Crippen LogP contribution < -0.4 is 0 Å². The number of carbonyl (C=O) groups is 2. The van der Waals surface area contributed by atoms with Gasteiger partial charge in [-0.2, -0.15) is 0 Å². The van der Waals surface area contributed by atoms with E-state index in [4.69, 9.17) is 4.74 Å². The minimum absolute atomic E-state index is 0.0260. The monoisotopic (exact) mass is 495 g/mol. The van der Waals surface area contributed by atoms with Gasteiger partial charge < -0.3 is 9.84 Å². The quantitative estimate of drug-likeness (QED) is 0.404. The minimum Gasteiger partial charge on any atom is -0.461 e. The maximum atomic E-state index is 13.5. The second kappa shape index (κ2) is 10.1. The fraction of sp³-hybridized carbons (Fsp3) is 0.677. The van der Waals surface area contributed by atoms with Gasteiger partial charge in [-0.3, -0.25) is 14.5 Å². The molecule has 3 fully saturated rings. The Morgan fingerprint density at radius 3 is 2.56 bits per heavy atom. The van der Waals surface area contributed by atoms with Crippen molar-refractivity contribution in [2.24, 2.45) is 34.0 Å². The summed E-state index contributed by atoms with van der Waals surface area (Å²) in [6, 6.07) is 10.1. The van der Waals surface area contributed by atoms with Crippen LogP contribution in [0.1, 0.15) is 72.3 Å². The fourth-order valence-electron chi connectivity index (χ4n) is 8.00. The molecule has 0 saturated heterocycles. The van der Waals surface area contributed by atoms with Crippen LogP contribution in [0.2, 0.25) is 0 Å². The van der Waals surface area contributed by atoms with Crippen molar-refractivity contribution in [2.75, 3.05) is 13.1 Å². The number of Topliss-reactive ketones (excluding diaryl/α,β-unsaturated/α-hetero) is 1. The van der Waals surface area contributed by atoms with Gasteiger partial charge in [-0.05, 0) is 55.0 Å². The Hall–Kier alpha value is -1.98. The standard InChI is InChI=1S/C31H45NO4/c1-7-29(5)18-25(36-26(34)20-32(8-2)19-23-12-10-9-11-13-23)30(6)21(3)14-16-31(22(4)28(29)35)17-15-24(33)27(30)31/h7,9-13,21-22,25,27-28,35H,1,8,14-20H2,2-6H3/t21-,22+,25-,27+,28+,29-,30+,31+/m1/s1. The average molecular weight is 496 g/mol. The molecular weight excluding hydrogens is 450 g/mol. The highest BCUT2D eigenvalue weighted by atomic mass is 16.5. The Morgan fingerprint density at radius 2 is 1.92 bits per heavy atom. The number of aliphatic hydroxyl groups is 1. The number of rotatable bonds is 7. The van der Waals surface area contributed by atoms with Crippen LogP contribution in [0.5, 0.6) is 0 Å². The van der Waals surface area contributed by atoms with Crippen molar-refractivity contribution in [2.45, 2.75) is 85.5 Å². The predicted octanol–water partition coefficient (Wildman–Crippen LogP) is 5.42. The van der Waals surface area contributed by atoms with E-state index in [0.29, 0.717) is 19.4 Å². The highest BCUT2D eigenvalue weighted by molar-refractivity contribution is 5.85. The van der Waals surface area contributed by atoms with Crippen molar-refractivity contribution in [3.8, 4) is 0 Å². The van der Waals surface area contributed by atoms with E-state index >= 15 is 0 Å². The molecule has 0 amide bonds. The number of benzene rings is 1. The van der Waals surface area contributed by atoms with Crippen LogP contribution in [0, 0.1) is 34.0 Å². The Kier molecular flexibility index (Phi) is 7.56. The molecule has 0 heterocycles. The molecule has 8 atom stereocenters. The molecule has 3 aliphatic rings. The molecule has 3 saturated carbocycles. The smallest absolute Gasteiger partial charge is 0.320 e. The SMILES string of the molecule is C=C[C@]1(C)C[C@@H](OC(=O)CN(CC)Cc2ccccc2)[C@]2(C)[C@H](C)CC[C@]3(CCC(=O)[C@H]32)[C@@H](C)[C@@H]1O. The number of aliphatic hydroxyl groups excluding tert-OH is 1. The summed E-state index contributed by atoms with van der Waals surface area (Å²) in [4.78, 5) is 29.1. The summed E-state index contributed by atoms with van der Waals surface area (Å²) in [6.07, 6.45) is 4.49. The Bertz CT molecular complexity index is 978. The first-order valence-electron chi connectivity index (χ1n) is 13.8. The molecule has 198 valence electrons. The van der Waals surface area contributed by atoms with E-state index in [1.165, 1.54) is 0 Å². The predicted molar refractivity (Wildman–Crippen MR) is 142 cm³/mol. The van der Waals surface area contributed by atoms with Crippen LogP contribution in [0.15, 0.2) is 43.0 Å². The van der Waals surface area contributed by atoms with Crippen molar-refractivity contribution in [1.29, 1.82) is 0 Å². The Balaban J connectivity index is 1.66. The number of hydrogen-bond acceptors (Lipinski definition) is 5.